The van der Waals surface area contributed by atoms with Gasteiger partial charge in [0.25, 0.3) is 5.91 Å². The fourth-order valence-electron chi connectivity index (χ4n) is 2.84. The second kappa shape index (κ2) is 7.24. The van der Waals surface area contributed by atoms with Crippen LogP contribution in [0.3, 0.4) is 0 Å². The van der Waals surface area contributed by atoms with Crippen molar-refractivity contribution in [3.05, 3.63) is 58.6 Å². The Bertz CT molecular complexity index is 722. The summed E-state index contributed by atoms with van der Waals surface area (Å²) >= 11 is 6.09. The first kappa shape index (κ1) is 16.8. The van der Waals surface area contributed by atoms with E-state index in [4.69, 9.17) is 11.6 Å². The van der Waals surface area contributed by atoms with Crippen molar-refractivity contribution in [3.8, 4) is 0 Å². The molecule has 0 aliphatic carbocycles. The van der Waals surface area contributed by atoms with E-state index in [1.54, 1.807) is 17.0 Å². The van der Waals surface area contributed by atoms with Gasteiger partial charge in [-0.1, -0.05) is 17.7 Å². The van der Waals surface area contributed by atoms with Gasteiger partial charge in [0.2, 0.25) is 0 Å². The first-order valence-electron chi connectivity index (χ1n) is 8.27. The van der Waals surface area contributed by atoms with Crippen LogP contribution in [0.2, 0.25) is 5.02 Å². The number of benzene rings is 2. The molecule has 1 fully saturated rings. The van der Waals surface area contributed by atoms with Crippen molar-refractivity contribution in [2.24, 2.45) is 0 Å². The summed E-state index contributed by atoms with van der Waals surface area (Å²) in [5.74, 6) is -0.146. The Morgan fingerprint density at radius 2 is 1.79 bits per heavy atom. The van der Waals surface area contributed by atoms with Gasteiger partial charge >= 0.3 is 0 Å². The molecule has 1 heterocycles. The van der Waals surface area contributed by atoms with E-state index in [0.717, 1.165) is 37.4 Å². The minimum Gasteiger partial charge on any atom is -0.360 e. The van der Waals surface area contributed by atoms with Crippen molar-refractivity contribution in [1.29, 1.82) is 0 Å². The number of nitrogens with zero attached hydrogens (tertiary/aromatic N) is 1. The van der Waals surface area contributed by atoms with Gasteiger partial charge in [0.15, 0.2) is 0 Å². The van der Waals surface area contributed by atoms with Crippen LogP contribution in [0.25, 0.3) is 0 Å². The molecule has 0 bridgehead atoms. The van der Waals surface area contributed by atoms with Crippen LogP contribution in [0.5, 0.6) is 0 Å². The fourth-order valence-corrected chi connectivity index (χ4v) is 3.02. The molecule has 0 radical (unpaired) electrons. The molecule has 1 saturated heterocycles. The molecular formula is C19H23ClN3O+. The van der Waals surface area contributed by atoms with Gasteiger partial charge in [0.05, 0.1) is 33.2 Å². The molecule has 5 heteroatoms. The minimum absolute atomic E-state index is 0.146. The number of quaternary nitrogens is 1. The van der Waals surface area contributed by atoms with Gasteiger partial charge in [-0.25, -0.2) is 0 Å². The molecular weight excluding hydrogens is 322 g/mol. The summed E-state index contributed by atoms with van der Waals surface area (Å²) < 4.78 is 0. The van der Waals surface area contributed by atoms with Gasteiger partial charge < -0.3 is 15.1 Å². The van der Waals surface area contributed by atoms with E-state index in [0.29, 0.717) is 10.6 Å². The van der Waals surface area contributed by atoms with E-state index in [-0.39, 0.29) is 5.91 Å². The lowest BCUT2D eigenvalue weighted by Gasteiger charge is -2.31. The topological polar surface area (TPSA) is 36.8 Å². The number of amides is 1. The molecule has 3 rings (SSSR count). The highest BCUT2D eigenvalue weighted by Crippen LogP contribution is 2.20. The van der Waals surface area contributed by atoms with E-state index in [1.807, 2.05) is 25.1 Å². The standard InChI is InChI=1S/C19H22ClN3O/c1-14-3-4-15(13-18(14)20)19(24)21-16-5-7-17(8-6-16)23-11-9-22(2)10-12-23/h3-8,13H,9-12H2,1-2H3,(H,21,24)/p+1. The maximum atomic E-state index is 12.3. The van der Waals surface area contributed by atoms with Gasteiger partial charge in [-0.15, -0.1) is 0 Å². The number of likely N-dealkylation sites (N-methyl/N-ethyl adjacent to an activating group) is 1. The zero-order valence-corrected chi connectivity index (χ0v) is 14.9. The molecule has 0 atom stereocenters. The number of halogens is 1. The van der Waals surface area contributed by atoms with Crippen molar-refractivity contribution < 1.29 is 9.69 Å². The van der Waals surface area contributed by atoms with Crippen LogP contribution in [0.4, 0.5) is 11.4 Å². The van der Waals surface area contributed by atoms with Crippen LogP contribution in [0.1, 0.15) is 15.9 Å². The summed E-state index contributed by atoms with van der Waals surface area (Å²) in [4.78, 5) is 16.3. The lowest BCUT2D eigenvalue weighted by molar-refractivity contribution is -0.880. The largest absolute Gasteiger partial charge is 0.360 e. The van der Waals surface area contributed by atoms with Gasteiger partial charge in [-0.3, -0.25) is 4.79 Å². The van der Waals surface area contributed by atoms with Gasteiger partial charge in [-0.05, 0) is 48.9 Å². The Labute approximate surface area is 148 Å². The zero-order chi connectivity index (χ0) is 17.1. The predicted octanol–water partition coefficient (Wildman–Crippen LogP) is 2.24. The number of carbonyl (C=O) groups excluding carboxylic acids is 1. The number of aryl methyl sites for hydroxylation is 1. The summed E-state index contributed by atoms with van der Waals surface area (Å²) in [6.07, 6.45) is 0. The number of carbonyl (C=O) groups is 1. The van der Waals surface area contributed by atoms with E-state index in [9.17, 15) is 4.79 Å². The summed E-state index contributed by atoms with van der Waals surface area (Å²) in [7, 11) is 2.23. The maximum Gasteiger partial charge on any atom is 0.255 e. The summed E-state index contributed by atoms with van der Waals surface area (Å²) in [5, 5.41) is 3.53. The zero-order valence-electron chi connectivity index (χ0n) is 14.1. The third-order valence-corrected chi connectivity index (χ3v) is 4.95. The van der Waals surface area contributed by atoms with E-state index >= 15 is 0 Å². The predicted molar refractivity (Wildman–Crippen MR) is 99.4 cm³/mol. The van der Waals surface area contributed by atoms with E-state index in [1.165, 1.54) is 5.69 Å². The molecule has 0 saturated carbocycles. The Kier molecular flexibility index (Phi) is 5.07. The molecule has 24 heavy (non-hydrogen) atoms. The Balaban J connectivity index is 1.65. The van der Waals surface area contributed by atoms with Crippen LogP contribution in [0, 0.1) is 6.92 Å². The first-order valence-corrected chi connectivity index (χ1v) is 8.64. The molecule has 1 amide bonds. The van der Waals surface area contributed by atoms with Crippen LogP contribution in [-0.2, 0) is 0 Å². The number of piperazine rings is 1. The molecule has 0 unspecified atom stereocenters. The Morgan fingerprint density at radius 3 is 2.42 bits per heavy atom. The summed E-state index contributed by atoms with van der Waals surface area (Å²) in [6, 6.07) is 13.4. The third kappa shape index (κ3) is 3.89. The lowest BCUT2D eigenvalue weighted by atomic mass is 10.1. The van der Waals surface area contributed by atoms with Crippen LogP contribution in [0.15, 0.2) is 42.5 Å². The lowest BCUT2D eigenvalue weighted by Crippen LogP contribution is -3.12. The highest BCUT2D eigenvalue weighted by atomic mass is 35.5. The van der Waals surface area contributed by atoms with Crippen molar-refractivity contribution in [2.45, 2.75) is 6.92 Å². The van der Waals surface area contributed by atoms with Crippen molar-refractivity contribution in [2.75, 3.05) is 43.4 Å². The van der Waals surface area contributed by atoms with Crippen LogP contribution < -0.4 is 15.1 Å². The molecule has 1 aliphatic rings. The highest BCUT2D eigenvalue weighted by Gasteiger charge is 2.16. The van der Waals surface area contributed by atoms with Gasteiger partial charge in [0, 0.05) is 22.0 Å². The third-order valence-electron chi connectivity index (χ3n) is 4.54. The van der Waals surface area contributed by atoms with Crippen LogP contribution in [-0.4, -0.2) is 39.1 Å². The minimum atomic E-state index is -0.146. The number of hydrogen-bond acceptors (Lipinski definition) is 2. The normalized spacial score (nSPS) is 15.4. The molecule has 2 aromatic rings. The molecule has 2 aromatic carbocycles. The average molecular weight is 345 g/mol. The molecule has 126 valence electrons. The first-order chi connectivity index (χ1) is 11.5. The quantitative estimate of drug-likeness (QED) is 0.896. The summed E-state index contributed by atoms with van der Waals surface area (Å²) in [5.41, 5.74) is 3.53. The highest BCUT2D eigenvalue weighted by molar-refractivity contribution is 6.31. The molecule has 1 aliphatic heterocycles. The Morgan fingerprint density at radius 1 is 1.12 bits per heavy atom. The van der Waals surface area contributed by atoms with Crippen LogP contribution >= 0.6 is 11.6 Å². The second-order valence-corrected chi connectivity index (χ2v) is 6.82. The molecule has 2 N–H and O–H groups in total. The average Bonchev–Trinajstić information content (AvgIpc) is 2.59. The number of rotatable bonds is 3. The fraction of sp³-hybridized carbons (Fsp3) is 0.316. The Hall–Kier alpha value is -2.04. The van der Waals surface area contributed by atoms with E-state index < -0.39 is 0 Å². The molecule has 0 spiro atoms. The number of nitrogens with one attached hydrogen (secondary N) is 2. The second-order valence-electron chi connectivity index (χ2n) is 6.41. The van der Waals surface area contributed by atoms with Crippen molar-refractivity contribution >= 4 is 28.9 Å². The number of anilines is 2. The van der Waals surface area contributed by atoms with Crippen molar-refractivity contribution in [3.63, 3.8) is 0 Å². The monoisotopic (exact) mass is 344 g/mol. The summed E-state index contributed by atoms with van der Waals surface area (Å²) in [6.45, 7) is 6.38. The molecule has 4 nitrogen and oxygen atoms in total. The molecule has 0 aromatic heterocycles. The van der Waals surface area contributed by atoms with Gasteiger partial charge in [-0.2, -0.15) is 0 Å². The van der Waals surface area contributed by atoms with E-state index in [2.05, 4.69) is 29.4 Å². The smallest absolute Gasteiger partial charge is 0.255 e. The SMILES string of the molecule is Cc1ccc(C(=O)Nc2ccc(N3CC[NH+](C)CC3)cc2)cc1Cl. The number of hydrogen-bond donors (Lipinski definition) is 2. The maximum absolute atomic E-state index is 12.3. The van der Waals surface area contributed by atoms with Crippen molar-refractivity contribution in [1.82, 2.24) is 0 Å². The van der Waals surface area contributed by atoms with Gasteiger partial charge in [0.1, 0.15) is 0 Å².